The number of hydrogen-bond acceptors (Lipinski definition) is 4. The number of hydrogen-bond donors (Lipinski definition) is 4. The van der Waals surface area contributed by atoms with Gasteiger partial charge in [0.25, 0.3) is 0 Å². The second-order valence-corrected chi connectivity index (χ2v) is 8.04. The average Bonchev–Trinajstić information content (AvgIpc) is 3.03. The summed E-state index contributed by atoms with van der Waals surface area (Å²) in [6, 6.07) is 9.91. The summed E-state index contributed by atoms with van der Waals surface area (Å²) in [5.74, 6) is -1.09. The zero-order chi connectivity index (χ0) is 25.4. The first-order valence-corrected chi connectivity index (χ1v) is 11.0. The van der Waals surface area contributed by atoms with Crippen LogP contribution < -0.4 is 5.32 Å². The highest BCUT2D eigenvalue weighted by Gasteiger charge is 2.40. The van der Waals surface area contributed by atoms with E-state index < -0.39 is 43.4 Å². The quantitative estimate of drug-likeness (QED) is 0.368. The molecular weight excluding hydrogens is 378 g/mol. The summed E-state index contributed by atoms with van der Waals surface area (Å²) in [7, 11) is 0. The van der Waals surface area contributed by atoms with Gasteiger partial charge in [-0.15, -0.1) is 0 Å². The molecule has 5 nitrogen and oxygen atoms in total. The Hall–Kier alpha value is -1.69. The molecule has 0 aromatic heterocycles. The van der Waals surface area contributed by atoms with Crippen molar-refractivity contribution in [1.29, 1.82) is 0 Å². The fourth-order valence-electron chi connectivity index (χ4n) is 4.15. The largest absolute Gasteiger partial charge is 0.393 e. The first kappa shape index (κ1) is 19.0. The highest BCUT2D eigenvalue weighted by atomic mass is 16.3. The first-order chi connectivity index (χ1) is 16.0. The minimum absolute atomic E-state index is 0.230. The van der Waals surface area contributed by atoms with Crippen LogP contribution in [0.25, 0.3) is 0 Å². The maximum atomic E-state index is 11.7. The van der Waals surface area contributed by atoms with Crippen LogP contribution in [-0.2, 0) is 11.2 Å². The molecule has 5 heteroatoms. The normalized spacial score (nSPS) is 27.9. The molecule has 0 radical (unpaired) electrons. The number of aliphatic hydroxyl groups excluding tert-OH is 3. The highest BCUT2D eigenvalue weighted by molar-refractivity contribution is 5.75. The topological polar surface area (TPSA) is 89.8 Å². The molecular formula is C25H39NO4. The van der Waals surface area contributed by atoms with Gasteiger partial charge in [0.15, 0.2) is 0 Å². The number of aryl methyl sites for hydroxylation is 1. The van der Waals surface area contributed by atoms with Gasteiger partial charge in [0.2, 0.25) is 5.91 Å². The van der Waals surface area contributed by atoms with Crippen molar-refractivity contribution in [1.82, 2.24) is 5.32 Å². The van der Waals surface area contributed by atoms with E-state index in [1.54, 1.807) is 6.92 Å². The molecule has 1 aromatic rings. The van der Waals surface area contributed by atoms with E-state index in [1.807, 2.05) is 30.3 Å². The summed E-state index contributed by atoms with van der Waals surface area (Å²) < 4.78 is 32.2. The number of rotatable bonds is 13. The Kier molecular flexibility index (Phi) is 8.61. The number of carbonyl (C=O) groups excluding carboxylic acids is 1. The lowest BCUT2D eigenvalue weighted by Crippen LogP contribution is -2.23. The van der Waals surface area contributed by atoms with Crippen LogP contribution in [0.4, 0.5) is 0 Å². The lowest BCUT2D eigenvalue weighted by molar-refractivity contribution is -0.121. The van der Waals surface area contributed by atoms with Gasteiger partial charge >= 0.3 is 0 Å². The van der Waals surface area contributed by atoms with E-state index in [0.29, 0.717) is 25.8 Å². The zero-order valence-electron chi connectivity index (χ0n) is 21.8. The maximum absolute atomic E-state index is 11.7. The second kappa shape index (κ2) is 13.6. The maximum Gasteiger partial charge on any atom is 0.219 e. The van der Waals surface area contributed by atoms with E-state index in [-0.39, 0.29) is 24.7 Å². The van der Waals surface area contributed by atoms with Crippen LogP contribution in [0.3, 0.4) is 0 Å². The Labute approximate surface area is 186 Å². The molecule has 0 heterocycles. The van der Waals surface area contributed by atoms with E-state index in [4.69, 9.17) is 5.48 Å². The van der Waals surface area contributed by atoms with Crippen LogP contribution in [0, 0.1) is 11.8 Å². The molecule has 0 unspecified atom stereocenters. The van der Waals surface area contributed by atoms with Gasteiger partial charge in [-0.1, -0.05) is 42.5 Å². The van der Waals surface area contributed by atoms with Crippen molar-refractivity contribution in [2.75, 3.05) is 6.54 Å². The van der Waals surface area contributed by atoms with Crippen molar-refractivity contribution in [3.8, 4) is 0 Å². The third-order valence-electron chi connectivity index (χ3n) is 5.80. The number of nitrogens with one attached hydrogen (secondary N) is 1. The van der Waals surface area contributed by atoms with E-state index in [2.05, 4.69) is 5.32 Å². The molecule has 1 aromatic carbocycles. The minimum atomic E-state index is -2.39. The van der Waals surface area contributed by atoms with Gasteiger partial charge in [0, 0.05) is 18.4 Å². The smallest absolute Gasteiger partial charge is 0.219 e. The van der Waals surface area contributed by atoms with Crippen LogP contribution in [0.1, 0.15) is 69.2 Å². The molecule has 0 aliphatic heterocycles. The summed E-state index contributed by atoms with van der Waals surface area (Å²) in [4.78, 5) is 11.7. The van der Waals surface area contributed by atoms with E-state index >= 15 is 0 Å². The Morgan fingerprint density at radius 1 is 1.20 bits per heavy atom. The summed E-state index contributed by atoms with van der Waals surface area (Å²) in [6.07, 6.45) is -1.78. The van der Waals surface area contributed by atoms with Crippen LogP contribution in [-0.4, -0.2) is 46.1 Å². The second-order valence-electron chi connectivity index (χ2n) is 8.04. The third-order valence-corrected chi connectivity index (χ3v) is 5.80. The fraction of sp³-hybridized carbons (Fsp3) is 0.640. The van der Waals surface area contributed by atoms with Gasteiger partial charge < -0.3 is 20.6 Å². The fourth-order valence-corrected chi connectivity index (χ4v) is 4.15. The van der Waals surface area contributed by atoms with Crippen molar-refractivity contribution >= 4 is 5.91 Å². The van der Waals surface area contributed by atoms with Gasteiger partial charge in [-0.2, -0.15) is 0 Å². The van der Waals surface area contributed by atoms with Crippen molar-refractivity contribution < 1.29 is 25.6 Å². The molecule has 30 heavy (non-hydrogen) atoms. The van der Waals surface area contributed by atoms with Gasteiger partial charge in [0.1, 0.15) is 0 Å². The predicted molar refractivity (Wildman–Crippen MR) is 120 cm³/mol. The molecule has 1 aliphatic carbocycles. The molecule has 4 N–H and O–H groups in total. The van der Waals surface area contributed by atoms with Crippen LogP contribution in [0.5, 0.6) is 0 Å². The van der Waals surface area contributed by atoms with E-state index in [0.717, 1.165) is 18.1 Å². The number of aliphatic hydroxyl groups is 3. The number of carbonyl (C=O) groups is 1. The molecule has 5 atom stereocenters. The molecule has 0 spiro atoms. The summed E-state index contributed by atoms with van der Waals surface area (Å²) in [5.41, 5.74) is 1.15. The molecule has 168 valence electrons. The van der Waals surface area contributed by atoms with Gasteiger partial charge in [0.05, 0.1) is 18.3 Å². The summed E-state index contributed by atoms with van der Waals surface area (Å²) in [5, 5.41) is 33.8. The molecule has 2 rings (SSSR count). The number of benzene rings is 1. The lowest BCUT2D eigenvalue weighted by atomic mass is 9.85. The number of allylic oxidation sites excluding steroid dienone is 2. The Balaban J connectivity index is 1.91. The first-order valence-electron chi connectivity index (χ1n) is 13.0. The molecule has 1 aliphatic rings. The van der Waals surface area contributed by atoms with Gasteiger partial charge in [-0.05, 0) is 75.6 Å². The van der Waals surface area contributed by atoms with E-state index in [1.165, 1.54) is 6.08 Å². The van der Waals surface area contributed by atoms with Crippen molar-refractivity contribution in [3.63, 3.8) is 0 Å². The standard InChI is InChI=1S/C25H39NO4/c1-2-26-25(30)13-9-4-3-8-12-21-22(24(29)18-23(21)28)17-16-20(27)15-14-19-10-6-5-7-11-19/h3,5-8,10-11,20-24,27-29H,2,4,9,12-18H2,1H3,(H,26,30)/b8-3-/t20-,21+,22+,23-,24+/m0/s1/i4D2,9D2. The van der Waals surface area contributed by atoms with Gasteiger partial charge in [-0.3, -0.25) is 4.79 Å². The zero-order valence-corrected chi connectivity index (χ0v) is 17.8. The van der Waals surface area contributed by atoms with E-state index in [9.17, 15) is 20.1 Å². The summed E-state index contributed by atoms with van der Waals surface area (Å²) in [6.45, 7) is 2.06. The molecule has 0 saturated heterocycles. The Morgan fingerprint density at radius 2 is 1.93 bits per heavy atom. The van der Waals surface area contributed by atoms with Crippen LogP contribution in [0.2, 0.25) is 0 Å². The van der Waals surface area contributed by atoms with Crippen LogP contribution >= 0.6 is 0 Å². The highest BCUT2D eigenvalue weighted by Crippen LogP contribution is 2.38. The lowest BCUT2D eigenvalue weighted by Gasteiger charge is -2.23. The van der Waals surface area contributed by atoms with Crippen LogP contribution in [0.15, 0.2) is 42.5 Å². The average molecular weight is 422 g/mol. The third kappa shape index (κ3) is 8.58. The van der Waals surface area contributed by atoms with Crippen molar-refractivity contribution in [2.24, 2.45) is 11.8 Å². The Morgan fingerprint density at radius 3 is 2.67 bits per heavy atom. The van der Waals surface area contributed by atoms with Crippen molar-refractivity contribution in [2.45, 2.75) is 82.9 Å². The molecule has 1 amide bonds. The minimum Gasteiger partial charge on any atom is -0.393 e. The monoisotopic (exact) mass is 421 g/mol. The molecule has 1 saturated carbocycles. The Bertz CT molecular complexity index is 790. The SMILES string of the molecule is [2H]C([2H])(/C=C\C[C@@H]1[C@@H](CC[C@@H](O)CCc2ccccc2)[C@H](O)C[C@@H]1O)C([2H])([2H])CC(=O)NCC. The molecule has 0 bridgehead atoms. The van der Waals surface area contributed by atoms with Gasteiger partial charge in [-0.25, -0.2) is 0 Å². The summed E-state index contributed by atoms with van der Waals surface area (Å²) >= 11 is 0. The molecule has 1 fully saturated rings. The predicted octanol–water partition coefficient (Wildman–Crippen LogP) is 3.37. The van der Waals surface area contributed by atoms with Crippen molar-refractivity contribution in [3.05, 3.63) is 48.0 Å². The number of amides is 1.